The molecule has 0 aromatic heterocycles. The number of hydrogen-bond acceptors (Lipinski definition) is 2. The molecule has 0 radical (unpaired) electrons. The first-order chi connectivity index (χ1) is 7.90. The van der Waals surface area contributed by atoms with Gasteiger partial charge in [0.25, 0.3) is 0 Å². The van der Waals surface area contributed by atoms with E-state index in [9.17, 15) is 0 Å². The molecular weight excluding hydrogens is 196 g/mol. The van der Waals surface area contributed by atoms with Crippen molar-refractivity contribution in [3.05, 3.63) is 34.9 Å². The molecule has 0 aliphatic carbocycles. The summed E-state index contributed by atoms with van der Waals surface area (Å²) in [5.74, 6) is 6.39. The molecule has 84 valence electrons. The first kappa shape index (κ1) is 11.2. The SMILES string of the molecule is CNCCC#Cc1ccc2c(c1)CNCC2. The third-order valence-corrected chi connectivity index (χ3v) is 2.83. The minimum atomic E-state index is 0.909. The van der Waals surface area contributed by atoms with Gasteiger partial charge in [0.1, 0.15) is 0 Å². The molecular formula is C14H18N2. The van der Waals surface area contributed by atoms with E-state index in [0.29, 0.717) is 0 Å². The van der Waals surface area contributed by atoms with Crippen LogP contribution in [0.15, 0.2) is 18.2 Å². The molecule has 2 rings (SSSR count). The fraction of sp³-hybridized carbons (Fsp3) is 0.429. The van der Waals surface area contributed by atoms with E-state index in [2.05, 4.69) is 40.7 Å². The van der Waals surface area contributed by atoms with Gasteiger partial charge in [-0.25, -0.2) is 0 Å². The van der Waals surface area contributed by atoms with Gasteiger partial charge in [-0.05, 0) is 43.3 Å². The lowest BCUT2D eigenvalue weighted by atomic mass is 9.99. The van der Waals surface area contributed by atoms with Gasteiger partial charge in [0, 0.05) is 25.1 Å². The van der Waals surface area contributed by atoms with E-state index < -0.39 is 0 Å². The van der Waals surface area contributed by atoms with Crippen LogP contribution in [0.3, 0.4) is 0 Å². The third-order valence-electron chi connectivity index (χ3n) is 2.83. The quantitative estimate of drug-likeness (QED) is 0.572. The van der Waals surface area contributed by atoms with E-state index in [1.54, 1.807) is 0 Å². The van der Waals surface area contributed by atoms with Crippen LogP contribution in [0.5, 0.6) is 0 Å². The van der Waals surface area contributed by atoms with E-state index in [1.165, 1.54) is 11.1 Å². The van der Waals surface area contributed by atoms with Crippen molar-refractivity contribution >= 4 is 0 Å². The van der Waals surface area contributed by atoms with Crippen molar-refractivity contribution in [1.29, 1.82) is 0 Å². The van der Waals surface area contributed by atoms with Gasteiger partial charge in [-0.15, -0.1) is 0 Å². The molecule has 1 heterocycles. The first-order valence-corrected chi connectivity index (χ1v) is 5.86. The minimum absolute atomic E-state index is 0.909. The highest BCUT2D eigenvalue weighted by molar-refractivity contribution is 5.41. The van der Waals surface area contributed by atoms with Crippen LogP contribution in [-0.2, 0) is 13.0 Å². The van der Waals surface area contributed by atoms with Crippen LogP contribution in [0.1, 0.15) is 23.1 Å². The molecule has 0 spiro atoms. The Kier molecular flexibility index (Phi) is 3.98. The van der Waals surface area contributed by atoms with E-state index in [0.717, 1.165) is 38.0 Å². The average Bonchev–Trinajstić information content (AvgIpc) is 2.34. The van der Waals surface area contributed by atoms with Gasteiger partial charge in [-0.2, -0.15) is 0 Å². The fourth-order valence-electron chi connectivity index (χ4n) is 1.91. The molecule has 2 N–H and O–H groups in total. The highest BCUT2D eigenvalue weighted by atomic mass is 14.9. The number of rotatable bonds is 2. The highest BCUT2D eigenvalue weighted by Gasteiger charge is 2.07. The van der Waals surface area contributed by atoms with Gasteiger partial charge >= 0.3 is 0 Å². The Morgan fingerprint density at radius 2 is 2.31 bits per heavy atom. The maximum Gasteiger partial charge on any atom is 0.0248 e. The standard InChI is InChI=1S/C14H18N2/c1-15-8-3-2-4-12-5-6-13-7-9-16-11-14(13)10-12/h5-6,10,15-16H,3,7-9,11H2,1H3. The highest BCUT2D eigenvalue weighted by Crippen LogP contribution is 2.15. The maximum absolute atomic E-state index is 3.39. The summed E-state index contributed by atoms with van der Waals surface area (Å²) in [5, 5.41) is 6.48. The molecule has 0 amide bonds. The predicted octanol–water partition coefficient (Wildman–Crippen LogP) is 1.29. The largest absolute Gasteiger partial charge is 0.319 e. The minimum Gasteiger partial charge on any atom is -0.319 e. The second-order valence-electron chi connectivity index (χ2n) is 4.07. The lowest BCUT2D eigenvalue weighted by Crippen LogP contribution is -2.23. The van der Waals surface area contributed by atoms with Crippen LogP contribution in [0.4, 0.5) is 0 Å². The van der Waals surface area contributed by atoms with Crippen molar-refractivity contribution in [2.75, 3.05) is 20.1 Å². The fourth-order valence-corrected chi connectivity index (χ4v) is 1.91. The molecule has 1 aromatic carbocycles. The summed E-state index contributed by atoms with van der Waals surface area (Å²) in [4.78, 5) is 0. The molecule has 0 fully saturated rings. The lowest BCUT2D eigenvalue weighted by molar-refractivity contribution is 0.643. The summed E-state index contributed by atoms with van der Waals surface area (Å²) in [6, 6.07) is 6.57. The van der Waals surface area contributed by atoms with Crippen LogP contribution in [-0.4, -0.2) is 20.1 Å². The Labute approximate surface area is 97.4 Å². The third kappa shape index (κ3) is 2.85. The molecule has 1 aromatic rings. The normalized spacial score (nSPS) is 13.8. The van der Waals surface area contributed by atoms with Gasteiger partial charge in [0.2, 0.25) is 0 Å². The van der Waals surface area contributed by atoms with Gasteiger partial charge in [-0.3, -0.25) is 0 Å². The Balaban J connectivity index is 2.07. The van der Waals surface area contributed by atoms with E-state index >= 15 is 0 Å². The molecule has 0 unspecified atom stereocenters. The van der Waals surface area contributed by atoms with Gasteiger partial charge in [0.05, 0.1) is 0 Å². The number of hydrogen-bond donors (Lipinski definition) is 2. The van der Waals surface area contributed by atoms with Crippen molar-refractivity contribution < 1.29 is 0 Å². The van der Waals surface area contributed by atoms with Crippen molar-refractivity contribution in [2.24, 2.45) is 0 Å². The van der Waals surface area contributed by atoms with Crippen molar-refractivity contribution in [3.8, 4) is 11.8 Å². The molecule has 2 nitrogen and oxygen atoms in total. The number of nitrogens with one attached hydrogen (secondary N) is 2. The zero-order valence-electron chi connectivity index (χ0n) is 9.77. The molecule has 0 saturated carbocycles. The topological polar surface area (TPSA) is 24.1 Å². The first-order valence-electron chi connectivity index (χ1n) is 5.86. The number of fused-ring (bicyclic) bond motifs is 1. The van der Waals surface area contributed by atoms with Crippen molar-refractivity contribution in [2.45, 2.75) is 19.4 Å². The van der Waals surface area contributed by atoms with Crippen LogP contribution in [0.25, 0.3) is 0 Å². The summed E-state index contributed by atoms with van der Waals surface area (Å²) in [5.41, 5.74) is 4.02. The second kappa shape index (κ2) is 5.69. The molecule has 0 saturated heterocycles. The summed E-state index contributed by atoms with van der Waals surface area (Å²) >= 11 is 0. The maximum atomic E-state index is 3.39. The summed E-state index contributed by atoms with van der Waals surface area (Å²) < 4.78 is 0. The monoisotopic (exact) mass is 214 g/mol. The molecule has 2 heteroatoms. The lowest BCUT2D eigenvalue weighted by Gasteiger charge is -2.16. The second-order valence-corrected chi connectivity index (χ2v) is 4.07. The zero-order chi connectivity index (χ0) is 11.2. The average molecular weight is 214 g/mol. The van der Waals surface area contributed by atoms with Crippen LogP contribution in [0.2, 0.25) is 0 Å². The molecule has 16 heavy (non-hydrogen) atoms. The Morgan fingerprint density at radius 3 is 3.19 bits per heavy atom. The van der Waals surface area contributed by atoms with Crippen molar-refractivity contribution in [1.82, 2.24) is 10.6 Å². The molecule has 1 aliphatic heterocycles. The smallest absolute Gasteiger partial charge is 0.0248 e. The molecule has 0 bridgehead atoms. The summed E-state index contributed by atoms with van der Waals surface area (Å²) in [7, 11) is 1.95. The van der Waals surface area contributed by atoms with Gasteiger partial charge < -0.3 is 10.6 Å². The zero-order valence-corrected chi connectivity index (χ0v) is 9.77. The van der Waals surface area contributed by atoms with Crippen LogP contribution < -0.4 is 10.6 Å². The van der Waals surface area contributed by atoms with Crippen LogP contribution >= 0.6 is 0 Å². The molecule has 1 aliphatic rings. The van der Waals surface area contributed by atoms with Gasteiger partial charge in [-0.1, -0.05) is 17.9 Å². The Morgan fingerprint density at radius 1 is 1.38 bits per heavy atom. The van der Waals surface area contributed by atoms with E-state index in [4.69, 9.17) is 0 Å². The Hall–Kier alpha value is -1.30. The van der Waals surface area contributed by atoms with Crippen LogP contribution in [0, 0.1) is 11.8 Å². The van der Waals surface area contributed by atoms with E-state index in [1.807, 2.05) is 7.05 Å². The van der Waals surface area contributed by atoms with Crippen molar-refractivity contribution in [3.63, 3.8) is 0 Å². The van der Waals surface area contributed by atoms with Gasteiger partial charge in [0.15, 0.2) is 0 Å². The molecule has 0 atom stereocenters. The van der Waals surface area contributed by atoms with E-state index in [-0.39, 0.29) is 0 Å². The summed E-state index contributed by atoms with van der Waals surface area (Å²) in [6.45, 7) is 3.04. The Bertz CT molecular complexity index is 412. The number of benzene rings is 1. The summed E-state index contributed by atoms with van der Waals surface area (Å²) in [6.07, 6.45) is 2.05. The predicted molar refractivity (Wildman–Crippen MR) is 67.3 cm³/mol.